The van der Waals surface area contributed by atoms with Crippen LogP contribution in [0.25, 0.3) is 0 Å². The van der Waals surface area contributed by atoms with Crippen molar-refractivity contribution in [1.82, 2.24) is 9.88 Å². The Morgan fingerprint density at radius 1 is 1.04 bits per heavy atom. The van der Waals surface area contributed by atoms with Crippen molar-refractivity contribution in [3.63, 3.8) is 0 Å². The Balaban J connectivity index is 2.12. The summed E-state index contributed by atoms with van der Waals surface area (Å²) in [4.78, 5) is 42.1. The number of esters is 1. The Hall–Kier alpha value is -5.02. The number of nitrogens with zero attached hydrogens (tertiary/aromatic N) is 3. The molecular weight excluding hydrogens is 623 g/mol. The molecule has 0 aliphatic carbocycles. The molecule has 0 aliphatic rings. The first-order valence-electron chi connectivity index (χ1n) is 13.6. The molecule has 0 bridgehead atoms. The van der Waals surface area contributed by atoms with Gasteiger partial charge < -0.3 is 24.4 Å². The second kappa shape index (κ2) is 14.0. The van der Waals surface area contributed by atoms with Gasteiger partial charge >= 0.3 is 18.2 Å². The molecule has 1 aromatic heterocycles. The highest BCUT2D eigenvalue weighted by atomic mass is 19.4. The summed E-state index contributed by atoms with van der Waals surface area (Å²) >= 11 is 0. The Labute approximate surface area is 260 Å². The average molecular weight is 655 g/mol. The number of anilines is 2. The molecule has 248 valence electrons. The van der Waals surface area contributed by atoms with Crippen molar-refractivity contribution in [2.45, 2.75) is 51.9 Å². The fourth-order valence-corrected chi connectivity index (χ4v) is 4.41. The lowest BCUT2D eigenvalue weighted by Crippen LogP contribution is -2.40. The molecule has 0 fully saturated rings. The van der Waals surface area contributed by atoms with Crippen LogP contribution in [0, 0.1) is 21.7 Å². The summed E-state index contributed by atoms with van der Waals surface area (Å²) in [5.74, 6) is -3.59. The van der Waals surface area contributed by atoms with Crippen molar-refractivity contribution in [2.24, 2.45) is 0 Å². The van der Waals surface area contributed by atoms with Gasteiger partial charge in [0.25, 0.3) is 5.69 Å². The predicted octanol–water partition coefficient (Wildman–Crippen LogP) is 7.37. The lowest BCUT2D eigenvalue weighted by molar-refractivity contribution is -0.386. The Kier molecular flexibility index (Phi) is 10.8. The molecule has 1 heterocycles. The van der Waals surface area contributed by atoms with Gasteiger partial charge in [-0.2, -0.15) is 13.2 Å². The summed E-state index contributed by atoms with van der Waals surface area (Å²) in [6, 6.07) is 5.26. The van der Waals surface area contributed by atoms with Crippen LogP contribution in [0.5, 0.6) is 5.88 Å². The first-order valence-corrected chi connectivity index (χ1v) is 13.6. The minimum absolute atomic E-state index is 0.00709. The Morgan fingerprint density at radius 3 is 2.28 bits per heavy atom. The number of halogens is 5. The van der Waals surface area contributed by atoms with E-state index in [4.69, 9.17) is 9.47 Å². The quantitative estimate of drug-likeness (QED) is 0.103. The van der Waals surface area contributed by atoms with E-state index >= 15 is 0 Å². The third kappa shape index (κ3) is 8.57. The number of pyridine rings is 1. The van der Waals surface area contributed by atoms with Gasteiger partial charge in [0.2, 0.25) is 5.88 Å². The molecule has 0 saturated carbocycles. The second-order valence-electron chi connectivity index (χ2n) is 10.9. The number of nitrogens with one attached hydrogen (secondary N) is 1. The van der Waals surface area contributed by atoms with Crippen molar-refractivity contribution in [3.05, 3.63) is 86.6 Å². The van der Waals surface area contributed by atoms with Crippen LogP contribution in [0.2, 0.25) is 0 Å². The summed E-state index contributed by atoms with van der Waals surface area (Å²) in [6.45, 7) is 6.00. The van der Waals surface area contributed by atoms with Crippen molar-refractivity contribution in [2.75, 3.05) is 26.1 Å². The molecule has 0 aliphatic heterocycles. The van der Waals surface area contributed by atoms with Crippen LogP contribution < -0.4 is 10.1 Å². The fourth-order valence-electron chi connectivity index (χ4n) is 4.41. The van der Waals surface area contributed by atoms with E-state index in [0.717, 1.165) is 30.2 Å². The lowest BCUT2D eigenvalue weighted by Gasteiger charge is -2.33. The summed E-state index contributed by atoms with van der Waals surface area (Å²) < 4.78 is 85.0. The minimum atomic E-state index is -5.13. The van der Waals surface area contributed by atoms with E-state index in [9.17, 15) is 41.7 Å². The number of hydrogen-bond acceptors (Lipinski definition) is 9. The van der Waals surface area contributed by atoms with Crippen molar-refractivity contribution >= 4 is 29.1 Å². The largest absolute Gasteiger partial charge is 0.481 e. The van der Waals surface area contributed by atoms with E-state index < -0.39 is 63.3 Å². The maximum atomic E-state index is 14.7. The first-order chi connectivity index (χ1) is 21.4. The molecule has 11 nitrogen and oxygen atoms in total. The maximum Gasteiger partial charge on any atom is 0.419 e. The van der Waals surface area contributed by atoms with E-state index in [1.54, 1.807) is 20.8 Å². The number of methoxy groups -OCH3 is 2. The molecule has 0 saturated heterocycles. The number of nitro groups is 1. The highest BCUT2D eigenvalue weighted by molar-refractivity contribution is 5.97. The molecule has 1 amide bonds. The number of rotatable bonds is 10. The highest BCUT2D eigenvalue weighted by Crippen LogP contribution is 2.38. The Morgan fingerprint density at radius 2 is 1.72 bits per heavy atom. The summed E-state index contributed by atoms with van der Waals surface area (Å²) in [6.07, 6.45) is -6.22. The molecule has 0 radical (unpaired) electrons. The van der Waals surface area contributed by atoms with Gasteiger partial charge in [-0.25, -0.2) is 23.4 Å². The molecule has 2 aromatic carbocycles. The van der Waals surface area contributed by atoms with Crippen molar-refractivity contribution in [1.29, 1.82) is 0 Å². The molecule has 1 atom stereocenters. The van der Waals surface area contributed by atoms with Gasteiger partial charge in [0.15, 0.2) is 0 Å². The normalized spacial score (nSPS) is 12.2. The number of benzene rings is 2. The molecule has 3 rings (SSSR count). The highest BCUT2D eigenvalue weighted by Gasteiger charge is 2.36. The van der Waals surface area contributed by atoms with E-state index in [2.05, 4.69) is 15.0 Å². The third-order valence-electron chi connectivity index (χ3n) is 6.57. The Bertz CT molecular complexity index is 1630. The molecule has 16 heteroatoms. The number of hydrogen-bond donors (Lipinski definition) is 1. The van der Waals surface area contributed by atoms with Gasteiger partial charge in [-0.15, -0.1) is 0 Å². The molecule has 3 aromatic rings. The fraction of sp³-hybridized carbons (Fsp3) is 0.367. The van der Waals surface area contributed by atoms with Crippen LogP contribution in [-0.2, 0) is 22.1 Å². The third-order valence-corrected chi connectivity index (χ3v) is 6.57. The number of carbonyl (C=O) groups is 2. The number of amides is 1. The van der Waals surface area contributed by atoms with E-state index in [-0.39, 0.29) is 41.5 Å². The lowest BCUT2D eigenvalue weighted by atomic mass is 10.0. The SMILES string of the molecule is COC(=O)c1cc(F)c(C(F)(F)F)cc1Nc1ccc(F)cc1C(C)N(CCc1nc(OC)ccc1[N+](=O)[O-])C(=O)OC(C)(C)C. The molecular formula is C30H31F5N4O7. The topological polar surface area (TPSA) is 133 Å². The van der Waals surface area contributed by atoms with Crippen LogP contribution in [0.15, 0.2) is 42.5 Å². The van der Waals surface area contributed by atoms with Gasteiger partial charge in [0.1, 0.15) is 22.9 Å². The van der Waals surface area contributed by atoms with Gasteiger partial charge in [-0.05, 0) is 58.0 Å². The number of alkyl halides is 3. The molecule has 46 heavy (non-hydrogen) atoms. The standard InChI is InChI=1S/C30H31F5N4O7/c1-16(38(28(41)46-29(2,3)4)12-11-23-25(39(42)43)9-10-26(37-23)44-5)18-13-17(31)7-8-22(18)36-24-15-20(30(33,34)35)21(32)14-19(24)27(40)45-6/h7-10,13-16,36H,11-12H2,1-6H3. The van der Waals surface area contributed by atoms with E-state index in [0.29, 0.717) is 12.1 Å². The smallest absolute Gasteiger partial charge is 0.419 e. The van der Waals surface area contributed by atoms with Gasteiger partial charge in [-0.3, -0.25) is 10.1 Å². The average Bonchev–Trinajstić information content (AvgIpc) is 2.96. The zero-order valence-corrected chi connectivity index (χ0v) is 25.6. The van der Waals surface area contributed by atoms with Crippen LogP contribution in [-0.4, -0.2) is 53.2 Å². The zero-order chi connectivity index (χ0) is 34.6. The molecule has 1 N–H and O–H groups in total. The van der Waals surface area contributed by atoms with Crippen molar-refractivity contribution in [3.8, 4) is 5.88 Å². The van der Waals surface area contributed by atoms with Crippen molar-refractivity contribution < 1.29 is 50.7 Å². The van der Waals surface area contributed by atoms with Crippen LogP contribution in [0.4, 0.5) is 43.8 Å². The van der Waals surface area contributed by atoms with Gasteiger partial charge in [0, 0.05) is 36.3 Å². The van der Waals surface area contributed by atoms with E-state index in [1.165, 1.54) is 26.2 Å². The predicted molar refractivity (Wildman–Crippen MR) is 155 cm³/mol. The number of carbonyl (C=O) groups excluding carboxylic acids is 2. The van der Waals surface area contributed by atoms with Gasteiger partial charge in [-0.1, -0.05) is 0 Å². The molecule has 0 spiro atoms. The monoisotopic (exact) mass is 654 g/mol. The van der Waals surface area contributed by atoms with Crippen LogP contribution >= 0.6 is 0 Å². The zero-order valence-electron chi connectivity index (χ0n) is 25.6. The summed E-state index contributed by atoms with van der Waals surface area (Å²) in [7, 11) is 2.27. The van der Waals surface area contributed by atoms with Crippen LogP contribution in [0.3, 0.4) is 0 Å². The number of aromatic nitrogens is 1. The van der Waals surface area contributed by atoms with Crippen LogP contribution in [0.1, 0.15) is 60.9 Å². The maximum absolute atomic E-state index is 14.7. The second-order valence-corrected chi connectivity index (χ2v) is 10.9. The number of ether oxygens (including phenoxy) is 3. The summed E-state index contributed by atoms with van der Waals surface area (Å²) in [5, 5.41) is 14.3. The summed E-state index contributed by atoms with van der Waals surface area (Å²) in [5.41, 5.74) is -4.21. The van der Waals surface area contributed by atoms with E-state index in [1.807, 2.05) is 0 Å². The molecule has 1 unspecified atom stereocenters. The van der Waals surface area contributed by atoms with Gasteiger partial charge in [0.05, 0.1) is 42.0 Å². The first kappa shape index (κ1) is 35.5. The minimum Gasteiger partial charge on any atom is -0.481 e.